The Labute approximate surface area is 172 Å². The summed E-state index contributed by atoms with van der Waals surface area (Å²) in [6.07, 6.45) is 18.3. The summed E-state index contributed by atoms with van der Waals surface area (Å²) in [6.45, 7) is 4.00. The average Bonchev–Trinajstić information content (AvgIpc) is 2.74. The lowest BCUT2D eigenvalue weighted by Crippen LogP contribution is -2.13. The third-order valence-corrected chi connectivity index (χ3v) is 6.85. The summed E-state index contributed by atoms with van der Waals surface area (Å²) >= 11 is 0. The molecular weight excluding hydrogens is 344 g/mol. The van der Waals surface area contributed by atoms with Gasteiger partial charge in [-0.3, -0.25) is 0 Å². The molecule has 1 aromatic carbocycles. The third kappa shape index (κ3) is 6.95. The summed E-state index contributed by atoms with van der Waals surface area (Å²) in [6, 6.07) is 8.88. The highest BCUT2D eigenvalue weighted by Gasteiger charge is 2.22. The van der Waals surface area contributed by atoms with E-state index < -0.39 is 0 Å². The fourth-order valence-corrected chi connectivity index (χ4v) is 4.81. The van der Waals surface area contributed by atoms with Gasteiger partial charge in [0.15, 0.2) is 0 Å². The quantitative estimate of drug-likeness (QED) is 0.332. The van der Waals surface area contributed by atoms with Gasteiger partial charge in [-0.2, -0.15) is 0 Å². The molecule has 2 heteroatoms. The standard InChI is InChI=1S/C26H40O2/c1-21-5-7-22(8-6-21)9-10-23-11-13-24(14-12-23)25-15-17-26(18-16-25)28-20-4-3-19-27-2/h9-10,15-18,21-24H,3-8,11-14,19-20H2,1-2H3. The van der Waals surface area contributed by atoms with Crippen LogP contribution in [-0.2, 0) is 4.74 Å². The number of unbranched alkanes of at least 4 members (excludes halogenated alkanes) is 1. The van der Waals surface area contributed by atoms with E-state index in [1.807, 2.05) is 0 Å². The number of rotatable bonds is 9. The Bertz CT molecular complexity index is 561. The summed E-state index contributed by atoms with van der Waals surface area (Å²) in [7, 11) is 1.75. The molecule has 156 valence electrons. The molecule has 0 unspecified atom stereocenters. The predicted octanol–water partition coefficient (Wildman–Crippen LogP) is 7.15. The van der Waals surface area contributed by atoms with Crippen molar-refractivity contribution in [1.29, 1.82) is 0 Å². The topological polar surface area (TPSA) is 18.5 Å². The maximum absolute atomic E-state index is 5.84. The lowest BCUT2D eigenvalue weighted by molar-refractivity contribution is 0.184. The van der Waals surface area contributed by atoms with Crippen molar-refractivity contribution in [1.82, 2.24) is 0 Å². The highest BCUT2D eigenvalue weighted by molar-refractivity contribution is 5.29. The van der Waals surface area contributed by atoms with Crippen LogP contribution in [0.5, 0.6) is 5.75 Å². The second kappa shape index (κ2) is 11.7. The molecule has 2 nitrogen and oxygen atoms in total. The van der Waals surface area contributed by atoms with E-state index in [0.717, 1.165) is 55.5 Å². The van der Waals surface area contributed by atoms with E-state index in [1.54, 1.807) is 7.11 Å². The number of ether oxygens (including phenoxy) is 2. The second-order valence-electron chi connectivity index (χ2n) is 9.13. The highest BCUT2D eigenvalue weighted by atomic mass is 16.5. The van der Waals surface area contributed by atoms with Crippen LogP contribution >= 0.6 is 0 Å². The van der Waals surface area contributed by atoms with E-state index >= 15 is 0 Å². The van der Waals surface area contributed by atoms with Gasteiger partial charge < -0.3 is 9.47 Å². The maximum atomic E-state index is 5.84. The molecule has 3 rings (SSSR count). The van der Waals surface area contributed by atoms with Crippen molar-refractivity contribution in [2.75, 3.05) is 20.3 Å². The predicted molar refractivity (Wildman–Crippen MR) is 118 cm³/mol. The van der Waals surface area contributed by atoms with E-state index in [0.29, 0.717) is 0 Å². The number of methoxy groups -OCH3 is 1. The summed E-state index contributed by atoms with van der Waals surface area (Å²) in [5.74, 6) is 4.35. The molecule has 2 saturated carbocycles. The zero-order chi connectivity index (χ0) is 19.6. The van der Waals surface area contributed by atoms with Gasteiger partial charge in [0.1, 0.15) is 5.75 Å². The van der Waals surface area contributed by atoms with Crippen molar-refractivity contribution in [2.45, 2.75) is 77.0 Å². The fraction of sp³-hybridized carbons (Fsp3) is 0.692. The van der Waals surface area contributed by atoms with Crippen LogP contribution in [0.3, 0.4) is 0 Å². The lowest BCUT2D eigenvalue weighted by atomic mass is 9.77. The molecule has 0 saturated heterocycles. The van der Waals surface area contributed by atoms with E-state index in [9.17, 15) is 0 Å². The minimum Gasteiger partial charge on any atom is -0.494 e. The molecule has 0 bridgehead atoms. The van der Waals surface area contributed by atoms with Gasteiger partial charge >= 0.3 is 0 Å². The average molecular weight is 385 g/mol. The zero-order valence-corrected chi connectivity index (χ0v) is 18.1. The first-order valence-corrected chi connectivity index (χ1v) is 11.6. The first-order chi connectivity index (χ1) is 13.7. The molecule has 0 radical (unpaired) electrons. The molecule has 0 amide bonds. The van der Waals surface area contributed by atoms with Crippen molar-refractivity contribution in [3.05, 3.63) is 42.0 Å². The molecule has 0 heterocycles. The molecule has 28 heavy (non-hydrogen) atoms. The Hall–Kier alpha value is -1.28. The molecule has 0 aliphatic heterocycles. The van der Waals surface area contributed by atoms with Gasteiger partial charge in [-0.1, -0.05) is 44.1 Å². The molecule has 0 aromatic heterocycles. The van der Waals surface area contributed by atoms with Gasteiger partial charge in [-0.25, -0.2) is 0 Å². The van der Waals surface area contributed by atoms with Crippen LogP contribution < -0.4 is 4.74 Å². The van der Waals surface area contributed by atoms with E-state index in [-0.39, 0.29) is 0 Å². The van der Waals surface area contributed by atoms with Gasteiger partial charge in [0.2, 0.25) is 0 Å². The molecule has 0 atom stereocenters. The number of hydrogen-bond acceptors (Lipinski definition) is 2. The second-order valence-corrected chi connectivity index (χ2v) is 9.13. The van der Waals surface area contributed by atoms with Crippen LogP contribution in [-0.4, -0.2) is 20.3 Å². The highest BCUT2D eigenvalue weighted by Crippen LogP contribution is 2.37. The Balaban J connectivity index is 1.37. The van der Waals surface area contributed by atoms with Crippen molar-refractivity contribution in [3.8, 4) is 5.75 Å². The van der Waals surface area contributed by atoms with Gasteiger partial charge in [0.05, 0.1) is 6.61 Å². The van der Waals surface area contributed by atoms with Crippen LogP contribution in [0.15, 0.2) is 36.4 Å². The van der Waals surface area contributed by atoms with E-state index in [4.69, 9.17) is 9.47 Å². The van der Waals surface area contributed by atoms with Crippen molar-refractivity contribution in [2.24, 2.45) is 17.8 Å². The van der Waals surface area contributed by atoms with Crippen LogP contribution in [0.1, 0.15) is 82.6 Å². The molecule has 2 aliphatic carbocycles. The van der Waals surface area contributed by atoms with Crippen LogP contribution in [0.2, 0.25) is 0 Å². The minimum absolute atomic E-state index is 0.732. The van der Waals surface area contributed by atoms with Crippen molar-refractivity contribution >= 4 is 0 Å². The van der Waals surface area contributed by atoms with Crippen molar-refractivity contribution < 1.29 is 9.47 Å². The number of benzene rings is 1. The Morgan fingerprint density at radius 3 is 1.96 bits per heavy atom. The van der Waals surface area contributed by atoms with Crippen LogP contribution in [0.4, 0.5) is 0 Å². The maximum Gasteiger partial charge on any atom is 0.119 e. The zero-order valence-electron chi connectivity index (χ0n) is 18.1. The number of hydrogen-bond donors (Lipinski definition) is 0. The summed E-state index contributed by atoms with van der Waals surface area (Å²) in [5.41, 5.74) is 1.50. The molecule has 0 N–H and O–H groups in total. The molecule has 1 aromatic rings. The first kappa shape index (κ1) is 21.4. The molecule has 2 aliphatic rings. The van der Waals surface area contributed by atoms with Crippen LogP contribution in [0.25, 0.3) is 0 Å². The lowest BCUT2D eigenvalue weighted by Gasteiger charge is -2.28. The summed E-state index contributed by atoms with van der Waals surface area (Å²) in [5, 5.41) is 0. The Kier molecular flexibility index (Phi) is 8.92. The van der Waals surface area contributed by atoms with Gasteiger partial charge in [0, 0.05) is 13.7 Å². The van der Waals surface area contributed by atoms with E-state index in [2.05, 4.69) is 43.3 Å². The van der Waals surface area contributed by atoms with Gasteiger partial charge in [0.25, 0.3) is 0 Å². The Morgan fingerprint density at radius 1 is 0.786 bits per heavy atom. The van der Waals surface area contributed by atoms with Crippen molar-refractivity contribution in [3.63, 3.8) is 0 Å². The molecule has 2 fully saturated rings. The molecular formula is C26H40O2. The largest absolute Gasteiger partial charge is 0.494 e. The normalized spacial score (nSPS) is 28.5. The third-order valence-electron chi connectivity index (χ3n) is 6.85. The fourth-order valence-electron chi connectivity index (χ4n) is 4.81. The first-order valence-electron chi connectivity index (χ1n) is 11.6. The summed E-state index contributed by atoms with van der Waals surface area (Å²) < 4.78 is 10.9. The smallest absolute Gasteiger partial charge is 0.119 e. The molecule has 0 spiro atoms. The Morgan fingerprint density at radius 2 is 1.36 bits per heavy atom. The minimum atomic E-state index is 0.732. The SMILES string of the molecule is COCCCCOc1ccc(C2CCC(C=CC3CCC(C)CC3)CC2)cc1. The van der Waals surface area contributed by atoms with Gasteiger partial charge in [-0.15, -0.1) is 0 Å². The number of allylic oxidation sites excluding steroid dienone is 2. The monoisotopic (exact) mass is 384 g/mol. The summed E-state index contributed by atoms with van der Waals surface area (Å²) in [4.78, 5) is 0. The van der Waals surface area contributed by atoms with Gasteiger partial charge in [-0.05, 0) is 92.7 Å². The van der Waals surface area contributed by atoms with Crippen LogP contribution in [0, 0.1) is 17.8 Å². The van der Waals surface area contributed by atoms with E-state index in [1.165, 1.54) is 56.9 Å².